The van der Waals surface area contributed by atoms with Gasteiger partial charge in [0.2, 0.25) is 0 Å². The van der Waals surface area contributed by atoms with Crippen LogP contribution in [0, 0.1) is 5.92 Å². The van der Waals surface area contributed by atoms with E-state index in [1.54, 1.807) is 7.11 Å². The van der Waals surface area contributed by atoms with Gasteiger partial charge in [0.1, 0.15) is 0 Å². The Bertz CT molecular complexity index is 206. The number of hydrogen-bond acceptors (Lipinski definition) is 3. The van der Waals surface area contributed by atoms with Crippen LogP contribution in [0.4, 0.5) is 0 Å². The molecule has 0 bridgehead atoms. The van der Waals surface area contributed by atoms with Gasteiger partial charge in [-0.2, -0.15) is 0 Å². The molecule has 0 aromatic rings. The molecule has 16 heavy (non-hydrogen) atoms. The van der Waals surface area contributed by atoms with Gasteiger partial charge in [0.05, 0.1) is 5.60 Å². The molecule has 3 heteroatoms. The fraction of sp³-hybridized carbons (Fsp3) is 1.00. The average molecular weight is 228 g/mol. The third kappa shape index (κ3) is 4.04. The Balaban J connectivity index is 2.44. The monoisotopic (exact) mass is 228 g/mol. The van der Waals surface area contributed by atoms with E-state index >= 15 is 0 Å². The minimum Gasteiger partial charge on any atom is -0.377 e. The number of rotatable bonds is 5. The summed E-state index contributed by atoms with van der Waals surface area (Å²) >= 11 is 0. The molecule has 1 N–H and O–H groups in total. The predicted octanol–water partition coefficient (Wildman–Crippen LogP) is 1.73. The number of piperazine rings is 1. The third-order valence-electron chi connectivity index (χ3n) is 3.78. The molecule has 0 aromatic heterocycles. The fourth-order valence-electron chi connectivity index (χ4n) is 2.25. The Labute approximate surface area is 101 Å². The molecule has 0 aliphatic carbocycles. The van der Waals surface area contributed by atoms with Gasteiger partial charge in [0.25, 0.3) is 0 Å². The Morgan fingerprint density at radius 1 is 1.50 bits per heavy atom. The van der Waals surface area contributed by atoms with Crippen molar-refractivity contribution in [1.29, 1.82) is 0 Å². The van der Waals surface area contributed by atoms with Crippen LogP contribution in [-0.2, 0) is 4.74 Å². The van der Waals surface area contributed by atoms with Crippen LogP contribution < -0.4 is 5.32 Å². The molecule has 0 amide bonds. The number of nitrogens with one attached hydrogen (secondary N) is 1. The van der Waals surface area contributed by atoms with Crippen molar-refractivity contribution in [1.82, 2.24) is 10.2 Å². The largest absolute Gasteiger partial charge is 0.377 e. The van der Waals surface area contributed by atoms with E-state index in [0.717, 1.165) is 32.1 Å². The van der Waals surface area contributed by atoms with Crippen molar-refractivity contribution in [3.05, 3.63) is 0 Å². The highest BCUT2D eigenvalue weighted by Gasteiger charge is 2.27. The topological polar surface area (TPSA) is 24.5 Å². The number of hydrogen-bond donors (Lipinski definition) is 1. The number of ether oxygens (including phenoxy) is 1. The first-order valence-corrected chi connectivity index (χ1v) is 6.49. The summed E-state index contributed by atoms with van der Waals surface area (Å²) in [6.45, 7) is 13.3. The molecule has 1 fully saturated rings. The second kappa shape index (κ2) is 5.99. The Hall–Kier alpha value is -0.120. The van der Waals surface area contributed by atoms with Crippen molar-refractivity contribution in [3.63, 3.8) is 0 Å². The molecule has 1 rings (SSSR count). The summed E-state index contributed by atoms with van der Waals surface area (Å²) in [6, 6.07) is 0.645. The van der Waals surface area contributed by atoms with Crippen molar-refractivity contribution in [2.45, 2.75) is 45.8 Å². The van der Waals surface area contributed by atoms with Crippen molar-refractivity contribution >= 4 is 0 Å². The first-order valence-electron chi connectivity index (χ1n) is 6.49. The summed E-state index contributed by atoms with van der Waals surface area (Å²) in [4.78, 5) is 2.52. The van der Waals surface area contributed by atoms with Crippen LogP contribution in [0.3, 0.4) is 0 Å². The van der Waals surface area contributed by atoms with E-state index in [4.69, 9.17) is 4.74 Å². The van der Waals surface area contributed by atoms with Gasteiger partial charge in [-0.3, -0.25) is 4.90 Å². The van der Waals surface area contributed by atoms with E-state index in [1.807, 2.05) is 0 Å². The average Bonchev–Trinajstić information content (AvgIpc) is 2.28. The van der Waals surface area contributed by atoms with E-state index in [2.05, 4.69) is 37.9 Å². The molecule has 2 unspecified atom stereocenters. The van der Waals surface area contributed by atoms with Gasteiger partial charge in [-0.1, -0.05) is 20.3 Å². The maximum Gasteiger partial charge on any atom is 0.0749 e. The molecule has 0 spiro atoms. The summed E-state index contributed by atoms with van der Waals surface area (Å²) in [7, 11) is 1.80. The second-order valence-electron chi connectivity index (χ2n) is 5.65. The lowest BCUT2D eigenvalue weighted by molar-refractivity contribution is -0.0153. The molecule has 0 aromatic carbocycles. The third-order valence-corrected chi connectivity index (χ3v) is 3.78. The van der Waals surface area contributed by atoms with Crippen molar-refractivity contribution in [2.24, 2.45) is 5.92 Å². The zero-order valence-electron chi connectivity index (χ0n) is 11.5. The predicted molar refractivity (Wildman–Crippen MR) is 68.8 cm³/mol. The minimum atomic E-state index is -0.0304. The van der Waals surface area contributed by atoms with Crippen LogP contribution in [0.5, 0.6) is 0 Å². The maximum atomic E-state index is 5.50. The molecule has 3 nitrogen and oxygen atoms in total. The highest BCUT2D eigenvalue weighted by molar-refractivity contribution is 4.85. The van der Waals surface area contributed by atoms with E-state index < -0.39 is 0 Å². The van der Waals surface area contributed by atoms with Gasteiger partial charge in [-0.15, -0.1) is 0 Å². The van der Waals surface area contributed by atoms with Crippen LogP contribution in [-0.4, -0.2) is 49.8 Å². The SMILES string of the molecule is CCC(C)C1CN(CC(C)(C)OC)CCN1. The van der Waals surface area contributed by atoms with E-state index in [9.17, 15) is 0 Å². The van der Waals surface area contributed by atoms with Crippen molar-refractivity contribution < 1.29 is 4.74 Å². The highest BCUT2D eigenvalue weighted by atomic mass is 16.5. The maximum absolute atomic E-state index is 5.50. The quantitative estimate of drug-likeness (QED) is 0.775. The minimum absolute atomic E-state index is 0.0304. The summed E-state index contributed by atoms with van der Waals surface area (Å²) in [6.07, 6.45) is 1.25. The molecular formula is C13H28N2O. The van der Waals surface area contributed by atoms with Crippen LogP contribution in [0.15, 0.2) is 0 Å². The molecule has 96 valence electrons. The smallest absolute Gasteiger partial charge is 0.0749 e. The Kier molecular flexibility index (Phi) is 5.22. The van der Waals surface area contributed by atoms with Gasteiger partial charge in [0.15, 0.2) is 0 Å². The lowest BCUT2D eigenvalue weighted by Crippen LogP contribution is -2.56. The highest BCUT2D eigenvalue weighted by Crippen LogP contribution is 2.16. The standard InChI is InChI=1S/C13H28N2O/c1-6-11(2)12-9-15(8-7-14-12)10-13(3,4)16-5/h11-12,14H,6-10H2,1-5H3. The van der Waals surface area contributed by atoms with Crippen molar-refractivity contribution in [3.8, 4) is 0 Å². The Morgan fingerprint density at radius 3 is 2.75 bits per heavy atom. The zero-order valence-corrected chi connectivity index (χ0v) is 11.5. The molecule has 0 radical (unpaired) electrons. The summed E-state index contributed by atoms with van der Waals surface area (Å²) in [5, 5.41) is 3.62. The van der Waals surface area contributed by atoms with Crippen LogP contribution in [0.1, 0.15) is 34.1 Å². The van der Waals surface area contributed by atoms with Gasteiger partial charge in [0, 0.05) is 39.3 Å². The second-order valence-corrected chi connectivity index (χ2v) is 5.65. The van der Waals surface area contributed by atoms with Gasteiger partial charge >= 0.3 is 0 Å². The molecule has 2 atom stereocenters. The van der Waals surface area contributed by atoms with Crippen LogP contribution >= 0.6 is 0 Å². The zero-order chi connectivity index (χ0) is 12.2. The summed E-state index contributed by atoms with van der Waals surface area (Å²) in [5.41, 5.74) is -0.0304. The van der Waals surface area contributed by atoms with E-state index in [-0.39, 0.29) is 5.60 Å². The van der Waals surface area contributed by atoms with E-state index in [0.29, 0.717) is 6.04 Å². The lowest BCUT2D eigenvalue weighted by Gasteiger charge is -2.39. The molecule has 1 saturated heterocycles. The van der Waals surface area contributed by atoms with Gasteiger partial charge in [-0.25, -0.2) is 0 Å². The van der Waals surface area contributed by atoms with Gasteiger partial charge < -0.3 is 10.1 Å². The first-order chi connectivity index (χ1) is 7.48. The summed E-state index contributed by atoms with van der Waals surface area (Å²) < 4.78 is 5.50. The number of nitrogens with zero attached hydrogens (tertiary/aromatic N) is 1. The lowest BCUT2D eigenvalue weighted by atomic mass is 9.96. The van der Waals surface area contributed by atoms with Crippen LogP contribution in [0.2, 0.25) is 0 Å². The van der Waals surface area contributed by atoms with Crippen LogP contribution in [0.25, 0.3) is 0 Å². The van der Waals surface area contributed by atoms with Gasteiger partial charge in [-0.05, 0) is 19.8 Å². The fourth-order valence-corrected chi connectivity index (χ4v) is 2.25. The normalized spacial score (nSPS) is 25.7. The Morgan fingerprint density at radius 2 is 2.19 bits per heavy atom. The number of methoxy groups -OCH3 is 1. The molecular weight excluding hydrogens is 200 g/mol. The molecule has 1 aliphatic rings. The van der Waals surface area contributed by atoms with Crippen molar-refractivity contribution in [2.75, 3.05) is 33.3 Å². The molecule has 1 heterocycles. The summed E-state index contributed by atoms with van der Waals surface area (Å²) in [5.74, 6) is 0.758. The van der Waals surface area contributed by atoms with E-state index in [1.165, 1.54) is 6.42 Å². The first kappa shape index (κ1) is 13.9. The molecule has 0 saturated carbocycles. The molecule has 1 aliphatic heterocycles.